The number of phosphoric ester groups is 1. The van der Waals surface area contributed by atoms with Crippen LogP contribution in [0.15, 0.2) is 35.5 Å². The van der Waals surface area contributed by atoms with Crippen LogP contribution in [0, 0.1) is 0 Å². The molecule has 0 fully saturated rings. The number of aryl methyl sites for hydroxylation is 1. The first-order valence-electron chi connectivity index (χ1n) is 9.90. The number of phosphoric acid groups is 1. The van der Waals surface area contributed by atoms with Gasteiger partial charge in [-0.15, -0.1) is 0 Å². The van der Waals surface area contributed by atoms with E-state index in [1.165, 1.54) is 11.8 Å². The predicted octanol–water partition coefficient (Wildman–Crippen LogP) is 2.03. The van der Waals surface area contributed by atoms with E-state index in [0.29, 0.717) is 12.2 Å². The van der Waals surface area contributed by atoms with Gasteiger partial charge in [0.1, 0.15) is 12.1 Å². The van der Waals surface area contributed by atoms with E-state index in [9.17, 15) is 14.2 Å². The Labute approximate surface area is 190 Å². The second-order valence-electron chi connectivity index (χ2n) is 6.95. The molecule has 0 radical (unpaired) electrons. The number of nitrogens with one attached hydrogen (secondary N) is 1. The Balaban J connectivity index is 2.23. The number of carbonyl (C=O) groups is 2. The molecule has 2 atom stereocenters. The highest BCUT2D eigenvalue weighted by Gasteiger charge is 2.27. The average molecular weight is 485 g/mol. The molecule has 12 heteroatoms. The third-order valence-electron chi connectivity index (χ3n) is 4.61. The largest absolute Gasteiger partial charge is 0.525 e. The zero-order valence-corrected chi connectivity index (χ0v) is 19.8. The molecule has 0 saturated carbocycles. The molecule has 1 heterocycles. The number of carbonyl (C=O) groups excluding carboxylic acids is 2. The Kier molecular flexibility index (Phi) is 9.77. The molecule has 1 amide bonds. The third kappa shape index (κ3) is 7.67. The minimum Gasteiger partial charge on any atom is -0.464 e. The predicted molar refractivity (Wildman–Crippen MR) is 124 cm³/mol. The number of aromatic nitrogens is 1. The number of para-hydroxylation sites is 1. The number of benzene rings is 1. The first-order valence-corrected chi connectivity index (χ1v) is 12.8. The van der Waals surface area contributed by atoms with Crippen molar-refractivity contribution in [1.29, 1.82) is 0 Å². The summed E-state index contributed by atoms with van der Waals surface area (Å²) in [5.41, 5.74) is 1.86. The summed E-state index contributed by atoms with van der Waals surface area (Å²) >= 11 is 1.48. The van der Waals surface area contributed by atoms with Gasteiger partial charge in [0.15, 0.2) is 6.40 Å². The number of hydrogen-bond acceptors (Lipinski definition) is 7. The maximum atomic E-state index is 12.9. The Morgan fingerprint density at radius 3 is 2.72 bits per heavy atom. The lowest BCUT2D eigenvalue weighted by Crippen LogP contribution is -2.47. The van der Waals surface area contributed by atoms with Crippen LogP contribution in [-0.2, 0) is 36.9 Å². The number of aliphatic imine (C=N–C) groups is 1. The molecule has 0 spiro atoms. The molecule has 2 aromatic rings. The highest BCUT2D eigenvalue weighted by Crippen LogP contribution is 2.34. The van der Waals surface area contributed by atoms with Crippen LogP contribution >= 0.6 is 19.6 Å². The van der Waals surface area contributed by atoms with E-state index in [0.717, 1.165) is 16.5 Å². The smallest absolute Gasteiger partial charge is 0.464 e. The lowest BCUT2D eigenvalue weighted by atomic mass is 10.0. The lowest BCUT2D eigenvalue weighted by Gasteiger charge is -2.20. The summed E-state index contributed by atoms with van der Waals surface area (Å²) in [5.74, 6) is -0.575. The first kappa shape index (κ1) is 25.9. The van der Waals surface area contributed by atoms with Gasteiger partial charge in [-0.3, -0.25) is 14.6 Å². The second kappa shape index (κ2) is 12.1. The second-order valence-corrected chi connectivity index (χ2v) is 9.13. The van der Waals surface area contributed by atoms with Gasteiger partial charge in [0.2, 0.25) is 5.91 Å². The van der Waals surface area contributed by atoms with E-state index in [1.807, 2.05) is 48.3 Å². The minimum atomic E-state index is -4.76. The fourth-order valence-electron chi connectivity index (χ4n) is 3.18. The van der Waals surface area contributed by atoms with E-state index in [4.69, 9.17) is 14.5 Å². The minimum absolute atomic E-state index is 0.158. The van der Waals surface area contributed by atoms with Crippen molar-refractivity contribution in [3.05, 3.63) is 36.0 Å². The zero-order valence-electron chi connectivity index (χ0n) is 18.1. The van der Waals surface area contributed by atoms with Crippen LogP contribution < -0.4 is 5.32 Å². The summed E-state index contributed by atoms with van der Waals surface area (Å²) in [6.07, 6.45) is 4.84. The summed E-state index contributed by atoms with van der Waals surface area (Å²) in [6, 6.07) is 5.79. The molecule has 10 nitrogen and oxygen atoms in total. The van der Waals surface area contributed by atoms with Crippen molar-refractivity contribution in [2.75, 3.05) is 18.6 Å². The summed E-state index contributed by atoms with van der Waals surface area (Å²) in [4.78, 5) is 46.9. The van der Waals surface area contributed by atoms with Crippen LogP contribution in [0.2, 0.25) is 0 Å². The summed E-state index contributed by atoms with van der Waals surface area (Å²) in [7, 11) is -2.86. The number of thioether (sulfide) groups is 1. The molecular weight excluding hydrogens is 457 g/mol. The van der Waals surface area contributed by atoms with Crippen LogP contribution in [0.5, 0.6) is 0 Å². The van der Waals surface area contributed by atoms with Crippen molar-refractivity contribution >= 4 is 48.8 Å². The van der Waals surface area contributed by atoms with Gasteiger partial charge in [-0.25, -0.2) is 14.4 Å². The highest BCUT2D eigenvalue weighted by atomic mass is 32.2. The summed E-state index contributed by atoms with van der Waals surface area (Å²) in [6.45, 7) is 1.84. The van der Waals surface area contributed by atoms with E-state index >= 15 is 0 Å². The quantitative estimate of drug-likeness (QED) is 0.180. The SMILES string of the molecule is CCOC(=O)[C@@H](Cc1cn(C)c2ccccc12)NC(=O)[C@H](CCSC)N=COP(=O)(O)O. The molecule has 0 aliphatic rings. The van der Waals surface area contributed by atoms with Gasteiger partial charge in [0, 0.05) is 30.6 Å². The van der Waals surface area contributed by atoms with Crippen molar-refractivity contribution in [3.63, 3.8) is 0 Å². The van der Waals surface area contributed by atoms with Gasteiger partial charge in [-0.1, -0.05) is 18.2 Å². The van der Waals surface area contributed by atoms with Crippen LogP contribution in [0.4, 0.5) is 0 Å². The van der Waals surface area contributed by atoms with Crippen molar-refractivity contribution < 1.29 is 33.2 Å². The maximum Gasteiger partial charge on any atom is 0.525 e. The molecule has 0 bridgehead atoms. The van der Waals surface area contributed by atoms with E-state index in [2.05, 4.69) is 14.8 Å². The molecular formula is C20H28N3O7PS. The number of fused-ring (bicyclic) bond motifs is 1. The van der Waals surface area contributed by atoms with Crippen molar-refractivity contribution in [2.45, 2.75) is 31.8 Å². The zero-order chi connectivity index (χ0) is 23.7. The normalized spacial score (nSPS) is 13.8. The molecule has 0 saturated heterocycles. The molecule has 0 unspecified atom stereocenters. The van der Waals surface area contributed by atoms with Crippen LogP contribution in [-0.4, -0.2) is 63.3 Å². The van der Waals surface area contributed by atoms with Crippen molar-refractivity contribution in [2.24, 2.45) is 12.0 Å². The fraction of sp³-hybridized carbons (Fsp3) is 0.450. The molecule has 1 aromatic carbocycles. The van der Waals surface area contributed by atoms with Gasteiger partial charge >= 0.3 is 13.8 Å². The molecule has 0 aliphatic carbocycles. The monoisotopic (exact) mass is 485 g/mol. The van der Waals surface area contributed by atoms with Gasteiger partial charge in [-0.05, 0) is 37.0 Å². The Bertz CT molecular complexity index is 1000. The number of amides is 1. The third-order valence-corrected chi connectivity index (χ3v) is 5.63. The molecule has 0 aliphatic heterocycles. The molecule has 2 rings (SSSR count). The van der Waals surface area contributed by atoms with Crippen LogP contribution in [0.1, 0.15) is 18.9 Å². The fourth-order valence-corrected chi connectivity index (χ4v) is 3.81. The average Bonchev–Trinajstić information content (AvgIpc) is 3.05. The van der Waals surface area contributed by atoms with Gasteiger partial charge in [0.05, 0.1) is 6.61 Å². The topological polar surface area (TPSA) is 139 Å². The molecule has 1 aromatic heterocycles. The molecule has 32 heavy (non-hydrogen) atoms. The van der Waals surface area contributed by atoms with Gasteiger partial charge < -0.3 is 19.1 Å². The number of ether oxygens (including phenoxy) is 1. The standard InChI is InChI=1S/C20H28N3O7PS/c1-4-29-20(25)17(11-14-12-23(2)18-8-6-5-7-15(14)18)22-19(24)16(9-10-32-3)21-13-30-31(26,27)28/h5-8,12-13,16-17H,4,9-11H2,1-3H3,(H,22,24)(H2,26,27,28)/t16-,17+/m0/s1. The van der Waals surface area contributed by atoms with Crippen molar-refractivity contribution in [3.8, 4) is 0 Å². The summed E-state index contributed by atoms with van der Waals surface area (Å²) < 4.78 is 22.2. The van der Waals surface area contributed by atoms with E-state index in [1.54, 1.807) is 6.92 Å². The maximum absolute atomic E-state index is 12.9. The Morgan fingerprint density at radius 1 is 1.34 bits per heavy atom. The number of esters is 1. The van der Waals surface area contributed by atoms with Crippen molar-refractivity contribution in [1.82, 2.24) is 9.88 Å². The first-order chi connectivity index (χ1) is 15.2. The van der Waals surface area contributed by atoms with Gasteiger partial charge in [0.25, 0.3) is 0 Å². The number of nitrogens with zero attached hydrogens (tertiary/aromatic N) is 2. The van der Waals surface area contributed by atoms with E-state index in [-0.39, 0.29) is 19.4 Å². The highest BCUT2D eigenvalue weighted by molar-refractivity contribution is 7.98. The Morgan fingerprint density at radius 2 is 2.06 bits per heavy atom. The lowest BCUT2D eigenvalue weighted by molar-refractivity contribution is -0.147. The van der Waals surface area contributed by atoms with Crippen LogP contribution in [0.25, 0.3) is 10.9 Å². The molecule has 3 N–H and O–H groups in total. The summed E-state index contributed by atoms with van der Waals surface area (Å²) in [5, 5.41) is 3.65. The number of rotatable bonds is 12. The molecule has 176 valence electrons. The number of hydrogen-bond donors (Lipinski definition) is 3. The Hall–Kier alpha value is -2.33. The van der Waals surface area contributed by atoms with Gasteiger partial charge in [-0.2, -0.15) is 11.8 Å². The van der Waals surface area contributed by atoms with Crippen LogP contribution in [0.3, 0.4) is 0 Å². The van der Waals surface area contributed by atoms with E-state index < -0.39 is 31.8 Å².